The van der Waals surface area contributed by atoms with E-state index in [2.05, 4.69) is 6.08 Å². The van der Waals surface area contributed by atoms with E-state index in [4.69, 9.17) is 9.59 Å². The molecule has 0 saturated heterocycles. The molecule has 68 valence electrons. The van der Waals surface area contributed by atoms with E-state index in [-0.39, 0.29) is 76.8 Å². The molecule has 0 unspecified atom stereocenters. The molecule has 0 N–H and O–H groups in total. The summed E-state index contributed by atoms with van der Waals surface area (Å²) < 4.78 is 0. The number of rotatable bonds is 2. The first-order chi connectivity index (χ1) is 5.51. The topological polar surface area (TPSA) is 74.3 Å². The molecule has 0 atom stereocenters. The number of carbonyl (C=O) groups excluding carboxylic acids is 3. The van der Waals surface area contributed by atoms with Gasteiger partial charge in [0.2, 0.25) is 0 Å². The van der Waals surface area contributed by atoms with Crippen LogP contribution in [0.4, 0.5) is 0 Å². The predicted molar refractivity (Wildman–Crippen MR) is 37.3 cm³/mol. The predicted octanol–water partition coefficient (Wildman–Crippen LogP) is -6.43. The van der Waals surface area contributed by atoms with Crippen LogP contribution < -0.4 is 64.2 Å². The summed E-state index contributed by atoms with van der Waals surface area (Å²) in [5.74, 6) is -1.12. The maximum Gasteiger partial charge on any atom is 1.00 e. The quantitative estimate of drug-likeness (QED) is 0.261. The Morgan fingerprint density at radius 3 is 1.57 bits per heavy atom. The summed E-state index contributed by atoms with van der Waals surface area (Å²) in [5.41, 5.74) is 0.245. The number of hydrogen-bond acceptors (Lipinski definition) is 4. The SMILES string of the molecule is C[C-]=C(C(=O)[O-])C(C)C.O=C=O.[Na+].[Na+]. The molecule has 0 aliphatic carbocycles. The van der Waals surface area contributed by atoms with Gasteiger partial charge in [0.15, 0.2) is 0 Å². The van der Waals surface area contributed by atoms with Crippen LogP contribution in [-0.2, 0) is 14.4 Å². The van der Waals surface area contributed by atoms with Crippen molar-refractivity contribution in [2.75, 3.05) is 0 Å². The molecular formula is C8H10Na2O4. The van der Waals surface area contributed by atoms with Crippen molar-refractivity contribution in [2.45, 2.75) is 20.8 Å². The largest absolute Gasteiger partial charge is 1.00 e. The fourth-order valence-corrected chi connectivity index (χ4v) is 0.626. The standard InChI is InChI=1S/C7H11O2.CO2.2Na/c1-4-6(5(2)3)7(8)9;2-1-3;;/h5H,1-3H3,(H,8,9);;;/q-1;;2*+1/p-1. The van der Waals surface area contributed by atoms with Crippen molar-refractivity contribution >= 4 is 12.1 Å². The Kier molecular flexibility index (Phi) is 27.5. The third kappa shape index (κ3) is 15.1. The van der Waals surface area contributed by atoms with Crippen LogP contribution in [0, 0.1) is 12.0 Å². The third-order valence-electron chi connectivity index (χ3n) is 1.07. The first-order valence-electron chi connectivity index (χ1n) is 3.26. The second-order valence-corrected chi connectivity index (χ2v) is 2.19. The Morgan fingerprint density at radius 2 is 1.57 bits per heavy atom. The Balaban J connectivity index is -0.0000000891. The Labute approximate surface area is 128 Å². The smallest absolute Gasteiger partial charge is 0.658 e. The first-order valence-corrected chi connectivity index (χ1v) is 3.26. The fourth-order valence-electron chi connectivity index (χ4n) is 0.626. The number of aliphatic carboxylic acids is 1. The number of carbonyl (C=O) groups is 1. The van der Waals surface area contributed by atoms with Gasteiger partial charge in [0.05, 0.1) is 0 Å². The van der Waals surface area contributed by atoms with Crippen LogP contribution in [0.3, 0.4) is 0 Å². The van der Waals surface area contributed by atoms with Crippen molar-refractivity contribution in [1.29, 1.82) is 0 Å². The molecule has 0 aliphatic heterocycles. The third-order valence-corrected chi connectivity index (χ3v) is 1.07. The molecule has 6 heteroatoms. The zero-order chi connectivity index (χ0) is 10.1. The van der Waals surface area contributed by atoms with Crippen LogP contribution in [0.15, 0.2) is 5.57 Å². The maximum atomic E-state index is 10.2. The molecule has 0 aromatic carbocycles. The molecular weight excluding hydrogens is 206 g/mol. The molecule has 0 amide bonds. The van der Waals surface area contributed by atoms with Gasteiger partial charge in [0.1, 0.15) is 0 Å². The van der Waals surface area contributed by atoms with Gasteiger partial charge < -0.3 is 9.90 Å². The number of allylic oxidation sites excluding steroid dienone is 1. The van der Waals surface area contributed by atoms with E-state index in [1.165, 1.54) is 0 Å². The minimum atomic E-state index is -1.12. The Bertz CT molecular complexity index is 205. The number of hydrogen-bond donors (Lipinski definition) is 0. The van der Waals surface area contributed by atoms with Gasteiger partial charge in [-0.05, 0) is 0 Å². The molecule has 0 aliphatic rings. The fraction of sp³-hybridized carbons (Fsp3) is 0.500. The first kappa shape index (κ1) is 24.0. The van der Waals surface area contributed by atoms with Gasteiger partial charge >= 0.3 is 65.3 Å². The Hall–Kier alpha value is 0.590. The molecule has 0 heterocycles. The van der Waals surface area contributed by atoms with Gasteiger partial charge in [-0.15, -0.1) is 12.9 Å². The van der Waals surface area contributed by atoms with Gasteiger partial charge in [-0.2, -0.15) is 9.59 Å². The average Bonchev–Trinajstić information content (AvgIpc) is 1.88. The van der Waals surface area contributed by atoms with Crippen molar-refractivity contribution in [3.8, 4) is 0 Å². The second-order valence-electron chi connectivity index (χ2n) is 2.19. The molecule has 0 aromatic rings. The van der Waals surface area contributed by atoms with Crippen LogP contribution in [0.25, 0.3) is 0 Å². The van der Waals surface area contributed by atoms with Gasteiger partial charge in [-0.25, -0.2) is 5.57 Å². The van der Waals surface area contributed by atoms with E-state index in [9.17, 15) is 9.90 Å². The van der Waals surface area contributed by atoms with Crippen molar-refractivity contribution in [2.24, 2.45) is 5.92 Å². The van der Waals surface area contributed by atoms with Crippen LogP contribution in [0.5, 0.6) is 0 Å². The second kappa shape index (κ2) is 16.0. The summed E-state index contributed by atoms with van der Waals surface area (Å²) >= 11 is 0. The molecule has 0 bridgehead atoms. The van der Waals surface area contributed by atoms with Crippen molar-refractivity contribution < 1.29 is 78.6 Å². The number of carboxylic acids is 1. The summed E-state index contributed by atoms with van der Waals surface area (Å²) in [6.45, 7) is 5.16. The molecule has 14 heavy (non-hydrogen) atoms. The maximum absolute atomic E-state index is 10.2. The van der Waals surface area contributed by atoms with E-state index >= 15 is 0 Å². The van der Waals surface area contributed by atoms with Gasteiger partial charge in [0.25, 0.3) is 0 Å². The van der Waals surface area contributed by atoms with Gasteiger partial charge in [0, 0.05) is 0 Å². The van der Waals surface area contributed by atoms with E-state index in [1.807, 2.05) is 0 Å². The van der Waals surface area contributed by atoms with Crippen molar-refractivity contribution in [3.05, 3.63) is 11.6 Å². The minimum Gasteiger partial charge on any atom is -0.658 e. The molecule has 0 rings (SSSR count). The summed E-state index contributed by atoms with van der Waals surface area (Å²) in [4.78, 5) is 26.4. The molecule has 0 radical (unpaired) electrons. The minimum absolute atomic E-state index is 0. The summed E-state index contributed by atoms with van der Waals surface area (Å²) in [6, 6.07) is 0. The van der Waals surface area contributed by atoms with Crippen molar-refractivity contribution in [3.63, 3.8) is 0 Å². The van der Waals surface area contributed by atoms with Gasteiger partial charge in [-0.1, -0.05) is 19.8 Å². The van der Waals surface area contributed by atoms with Crippen LogP contribution in [-0.4, -0.2) is 12.1 Å². The summed E-state index contributed by atoms with van der Waals surface area (Å²) in [6.07, 6.45) is 2.81. The zero-order valence-corrected chi connectivity index (χ0v) is 13.2. The normalized spacial score (nSPS) is 8.43. The van der Waals surface area contributed by atoms with E-state index < -0.39 is 5.97 Å². The molecule has 0 aromatic heterocycles. The summed E-state index contributed by atoms with van der Waals surface area (Å²) in [5, 5.41) is 10.2. The van der Waals surface area contributed by atoms with Crippen LogP contribution in [0.1, 0.15) is 20.8 Å². The summed E-state index contributed by atoms with van der Waals surface area (Å²) in [7, 11) is 0. The van der Waals surface area contributed by atoms with E-state index in [1.54, 1.807) is 20.8 Å². The molecule has 0 fully saturated rings. The van der Waals surface area contributed by atoms with Crippen LogP contribution in [0.2, 0.25) is 0 Å². The number of carboxylic acid groups (broad SMARTS) is 1. The Morgan fingerprint density at radius 1 is 1.29 bits per heavy atom. The van der Waals surface area contributed by atoms with Crippen molar-refractivity contribution in [1.82, 2.24) is 0 Å². The van der Waals surface area contributed by atoms with Crippen LogP contribution >= 0.6 is 0 Å². The zero-order valence-electron chi connectivity index (χ0n) is 9.21. The van der Waals surface area contributed by atoms with Gasteiger partial charge in [-0.3, -0.25) is 6.08 Å². The molecule has 0 spiro atoms. The molecule has 0 saturated carbocycles. The van der Waals surface area contributed by atoms with E-state index in [0.29, 0.717) is 0 Å². The van der Waals surface area contributed by atoms with E-state index in [0.717, 1.165) is 0 Å². The average molecular weight is 216 g/mol. The monoisotopic (exact) mass is 216 g/mol. The molecule has 4 nitrogen and oxygen atoms in total.